The molecule has 0 atom stereocenters. The molecule has 0 saturated carbocycles. The Morgan fingerprint density at radius 2 is 1.71 bits per heavy atom. The quantitative estimate of drug-likeness (QED) is 0.780. The van der Waals surface area contributed by atoms with Crippen LogP contribution in [0.1, 0.15) is 18.4 Å². The summed E-state index contributed by atoms with van der Waals surface area (Å²) < 4.78 is 37.1. The lowest BCUT2D eigenvalue weighted by molar-refractivity contribution is -0.111. The normalized spacial score (nSPS) is 16.6. The van der Waals surface area contributed by atoms with E-state index in [9.17, 15) is 13.2 Å². The number of carbonyl (C=O) groups is 1. The summed E-state index contributed by atoms with van der Waals surface area (Å²) in [4.78, 5) is 12.4. The number of ether oxygens (including phenoxy) is 2. The van der Waals surface area contributed by atoms with Crippen LogP contribution in [-0.2, 0) is 14.8 Å². The van der Waals surface area contributed by atoms with Crippen LogP contribution in [0.5, 0.6) is 11.5 Å². The average Bonchev–Trinajstić information content (AvgIpc) is 3.38. The molecule has 2 aliphatic rings. The SMILES string of the molecule is O=C(C=Cc1ccc2c(c1)OCO2)Nc1ccc(S(=O)(=O)N2CCCC2)cc1. The Hall–Kier alpha value is -2.84. The van der Waals surface area contributed by atoms with Gasteiger partial charge in [0.15, 0.2) is 11.5 Å². The number of benzene rings is 2. The van der Waals surface area contributed by atoms with E-state index >= 15 is 0 Å². The van der Waals surface area contributed by atoms with E-state index < -0.39 is 10.0 Å². The highest BCUT2D eigenvalue weighted by atomic mass is 32.2. The van der Waals surface area contributed by atoms with Crippen molar-refractivity contribution in [3.63, 3.8) is 0 Å². The van der Waals surface area contributed by atoms with E-state index in [1.165, 1.54) is 22.5 Å². The van der Waals surface area contributed by atoms with Gasteiger partial charge in [-0.05, 0) is 60.9 Å². The van der Waals surface area contributed by atoms with Gasteiger partial charge in [-0.15, -0.1) is 0 Å². The number of carbonyl (C=O) groups excluding carboxylic acids is 1. The highest BCUT2D eigenvalue weighted by Gasteiger charge is 2.26. The van der Waals surface area contributed by atoms with Crippen LogP contribution in [0.4, 0.5) is 5.69 Å². The monoisotopic (exact) mass is 400 g/mol. The molecule has 146 valence electrons. The van der Waals surface area contributed by atoms with Crippen LogP contribution in [0, 0.1) is 0 Å². The maximum Gasteiger partial charge on any atom is 0.248 e. The van der Waals surface area contributed by atoms with Crippen LogP contribution in [0.2, 0.25) is 0 Å². The van der Waals surface area contributed by atoms with E-state index in [-0.39, 0.29) is 17.6 Å². The number of anilines is 1. The smallest absolute Gasteiger partial charge is 0.248 e. The highest BCUT2D eigenvalue weighted by molar-refractivity contribution is 7.89. The summed E-state index contributed by atoms with van der Waals surface area (Å²) in [6, 6.07) is 11.6. The van der Waals surface area contributed by atoms with Crippen molar-refractivity contribution < 1.29 is 22.7 Å². The first-order valence-corrected chi connectivity index (χ1v) is 10.5. The lowest BCUT2D eigenvalue weighted by atomic mass is 10.2. The molecule has 0 bridgehead atoms. The lowest BCUT2D eigenvalue weighted by Gasteiger charge is -2.15. The molecule has 0 radical (unpaired) electrons. The number of fused-ring (bicyclic) bond motifs is 1. The minimum Gasteiger partial charge on any atom is -0.454 e. The first-order valence-electron chi connectivity index (χ1n) is 9.01. The van der Waals surface area contributed by atoms with Gasteiger partial charge in [0.25, 0.3) is 0 Å². The maximum absolute atomic E-state index is 12.5. The van der Waals surface area contributed by atoms with Crippen LogP contribution in [-0.4, -0.2) is 38.5 Å². The van der Waals surface area contributed by atoms with Gasteiger partial charge in [0.2, 0.25) is 22.7 Å². The molecular formula is C20H20N2O5S. The zero-order valence-electron chi connectivity index (χ0n) is 15.1. The predicted molar refractivity (Wildman–Crippen MR) is 105 cm³/mol. The summed E-state index contributed by atoms with van der Waals surface area (Å²) in [6.07, 6.45) is 4.86. The van der Waals surface area contributed by atoms with Crippen molar-refractivity contribution in [1.82, 2.24) is 4.31 Å². The minimum absolute atomic E-state index is 0.201. The molecule has 1 amide bonds. The van der Waals surface area contributed by atoms with E-state index in [2.05, 4.69) is 5.32 Å². The third kappa shape index (κ3) is 3.88. The predicted octanol–water partition coefficient (Wildman–Crippen LogP) is 2.85. The summed E-state index contributed by atoms with van der Waals surface area (Å²) in [5.74, 6) is 1.02. The molecule has 7 nitrogen and oxygen atoms in total. The number of amides is 1. The van der Waals surface area contributed by atoms with Crippen molar-refractivity contribution in [1.29, 1.82) is 0 Å². The lowest BCUT2D eigenvalue weighted by Crippen LogP contribution is -2.27. The molecule has 0 aromatic heterocycles. The van der Waals surface area contributed by atoms with Crippen LogP contribution in [0.15, 0.2) is 53.4 Å². The Bertz CT molecular complexity index is 1010. The molecule has 2 aromatic rings. The van der Waals surface area contributed by atoms with Crippen molar-refractivity contribution in [2.45, 2.75) is 17.7 Å². The Labute approximate surface area is 163 Å². The summed E-state index contributed by atoms with van der Waals surface area (Å²) in [5.41, 5.74) is 1.34. The molecule has 0 aliphatic carbocycles. The zero-order chi connectivity index (χ0) is 19.6. The maximum atomic E-state index is 12.5. The first-order chi connectivity index (χ1) is 13.5. The van der Waals surface area contributed by atoms with Gasteiger partial charge in [-0.25, -0.2) is 8.42 Å². The Morgan fingerprint density at radius 3 is 2.46 bits per heavy atom. The Morgan fingerprint density at radius 1 is 1.00 bits per heavy atom. The average molecular weight is 400 g/mol. The van der Waals surface area contributed by atoms with E-state index in [4.69, 9.17) is 9.47 Å². The van der Waals surface area contributed by atoms with Crippen LogP contribution in [0.25, 0.3) is 6.08 Å². The van der Waals surface area contributed by atoms with Gasteiger partial charge in [-0.2, -0.15) is 4.31 Å². The molecule has 1 saturated heterocycles. The second-order valence-corrected chi connectivity index (χ2v) is 8.51. The number of hydrogen-bond donors (Lipinski definition) is 1. The fourth-order valence-electron chi connectivity index (χ4n) is 3.16. The zero-order valence-corrected chi connectivity index (χ0v) is 15.9. The molecule has 28 heavy (non-hydrogen) atoms. The molecule has 2 aromatic carbocycles. The largest absolute Gasteiger partial charge is 0.454 e. The van der Waals surface area contributed by atoms with E-state index in [0.29, 0.717) is 30.3 Å². The molecule has 8 heteroatoms. The van der Waals surface area contributed by atoms with Gasteiger partial charge >= 0.3 is 0 Å². The first kappa shape index (κ1) is 18.5. The second kappa shape index (κ2) is 7.65. The van der Waals surface area contributed by atoms with Crippen molar-refractivity contribution >= 4 is 27.7 Å². The number of rotatable bonds is 5. The third-order valence-corrected chi connectivity index (χ3v) is 6.56. The second-order valence-electron chi connectivity index (χ2n) is 6.57. The summed E-state index contributed by atoms with van der Waals surface area (Å²) in [7, 11) is -3.45. The van der Waals surface area contributed by atoms with E-state index in [0.717, 1.165) is 18.4 Å². The fourth-order valence-corrected chi connectivity index (χ4v) is 4.68. The highest BCUT2D eigenvalue weighted by Crippen LogP contribution is 2.32. The van der Waals surface area contributed by atoms with Crippen molar-refractivity contribution in [2.24, 2.45) is 0 Å². The molecule has 2 aliphatic heterocycles. The van der Waals surface area contributed by atoms with Crippen molar-refractivity contribution in [2.75, 3.05) is 25.2 Å². The van der Waals surface area contributed by atoms with Gasteiger partial charge in [0.1, 0.15) is 0 Å². The van der Waals surface area contributed by atoms with Crippen molar-refractivity contribution in [3.8, 4) is 11.5 Å². The standard InChI is InChI=1S/C20H20N2O5S/c23-20(10-4-15-3-9-18-19(13-15)27-14-26-18)21-16-5-7-17(8-6-16)28(24,25)22-11-1-2-12-22/h3-10,13H,1-2,11-12,14H2,(H,21,23). The number of nitrogens with zero attached hydrogens (tertiary/aromatic N) is 1. The van der Waals surface area contributed by atoms with Crippen LogP contribution in [0.3, 0.4) is 0 Å². The van der Waals surface area contributed by atoms with Crippen molar-refractivity contribution in [3.05, 3.63) is 54.1 Å². The summed E-state index contributed by atoms with van der Waals surface area (Å²) in [6.45, 7) is 1.32. The molecule has 0 unspecified atom stereocenters. The topological polar surface area (TPSA) is 84.9 Å². The molecule has 1 fully saturated rings. The molecule has 2 heterocycles. The molecular weight excluding hydrogens is 380 g/mol. The minimum atomic E-state index is -3.45. The number of sulfonamides is 1. The molecule has 0 spiro atoms. The van der Waals surface area contributed by atoms with E-state index in [1.807, 2.05) is 6.07 Å². The van der Waals surface area contributed by atoms with Gasteiger partial charge in [-0.1, -0.05) is 6.07 Å². The number of hydrogen-bond acceptors (Lipinski definition) is 5. The van der Waals surface area contributed by atoms with Crippen LogP contribution >= 0.6 is 0 Å². The van der Waals surface area contributed by atoms with Crippen LogP contribution < -0.4 is 14.8 Å². The summed E-state index contributed by atoms with van der Waals surface area (Å²) in [5, 5.41) is 2.72. The van der Waals surface area contributed by atoms with Gasteiger partial charge < -0.3 is 14.8 Å². The Balaban J connectivity index is 1.39. The van der Waals surface area contributed by atoms with Gasteiger partial charge in [0.05, 0.1) is 4.90 Å². The summed E-state index contributed by atoms with van der Waals surface area (Å²) >= 11 is 0. The number of nitrogens with one attached hydrogen (secondary N) is 1. The van der Waals surface area contributed by atoms with E-state index in [1.54, 1.807) is 30.3 Å². The fraction of sp³-hybridized carbons (Fsp3) is 0.250. The molecule has 1 N–H and O–H groups in total. The van der Waals surface area contributed by atoms with Gasteiger partial charge in [-0.3, -0.25) is 4.79 Å². The van der Waals surface area contributed by atoms with Gasteiger partial charge in [0, 0.05) is 24.9 Å². The molecule has 4 rings (SSSR count). The Kier molecular flexibility index (Phi) is 5.06. The third-order valence-electron chi connectivity index (χ3n) is 4.65.